The lowest BCUT2D eigenvalue weighted by molar-refractivity contribution is -0.195. The molecule has 0 saturated carbocycles. The van der Waals surface area contributed by atoms with E-state index in [0.717, 1.165) is 17.4 Å². The van der Waals surface area contributed by atoms with Gasteiger partial charge in [0.25, 0.3) is 5.91 Å². The van der Waals surface area contributed by atoms with Gasteiger partial charge in [-0.05, 0) is 19.4 Å². The van der Waals surface area contributed by atoms with E-state index < -0.39 is 42.6 Å². The zero-order valence-electron chi connectivity index (χ0n) is 13.4. The summed E-state index contributed by atoms with van der Waals surface area (Å²) in [5, 5.41) is 23.8. The molecule has 0 spiro atoms. The lowest BCUT2D eigenvalue weighted by Gasteiger charge is -2.18. The molecule has 0 radical (unpaired) electrons. The van der Waals surface area contributed by atoms with E-state index in [9.17, 15) is 19.8 Å². The smallest absolute Gasteiger partial charge is 0.325 e. The number of nitrogens with two attached hydrogens (primary N) is 3. The molecule has 0 aliphatic carbocycles. The molecule has 1 aliphatic heterocycles. The van der Waals surface area contributed by atoms with Crippen LogP contribution in [0.15, 0.2) is 6.33 Å². The highest BCUT2D eigenvalue weighted by Gasteiger charge is 2.47. The molecule has 8 N–H and O–H groups in total. The molecule has 25 heavy (non-hydrogen) atoms. The summed E-state index contributed by atoms with van der Waals surface area (Å²) in [7, 11) is 0. The summed E-state index contributed by atoms with van der Waals surface area (Å²) in [4.78, 5) is 26.6. The summed E-state index contributed by atoms with van der Waals surface area (Å²) in [6.45, 7) is 0.491. The Bertz CT molecular complexity index is 610. The molecule has 5 atom stereocenters. The molecule has 0 aromatic carbocycles. The fraction of sp³-hybridized carbons (Fsp3) is 0.692. The van der Waals surface area contributed by atoms with Gasteiger partial charge in [-0.3, -0.25) is 9.59 Å². The number of hydrogen-bond donors (Lipinski definition) is 5. The van der Waals surface area contributed by atoms with E-state index in [4.69, 9.17) is 26.7 Å². The zero-order valence-corrected chi connectivity index (χ0v) is 13.4. The van der Waals surface area contributed by atoms with Crippen LogP contribution in [-0.2, 0) is 14.3 Å². The molecule has 1 amide bonds. The van der Waals surface area contributed by atoms with Crippen molar-refractivity contribution in [3.05, 3.63) is 12.2 Å². The lowest BCUT2D eigenvalue weighted by atomic mass is 10.1. The number of aliphatic hydroxyl groups excluding tert-OH is 2. The lowest BCUT2D eigenvalue weighted by Crippen LogP contribution is -2.39. The van der Waals surface area contributed by atoms with Crippen LogP contribution in [0.2, 0.25) is 0 Å². The van der Waals surface area contributed by atoms with Gasteiger partial charge in [-0.2, -0.15) is 0 Å². The number of aromatic nitrogens is 3. The van der Waals surface area contributed by atoms with Crippen LogP contribution in [0.3, 0.4) is 0 Å². The Hall–Kier alpha value is -2.12. The van der Waals surface area contributed by atoms with E-state index in [1.165, 1.54) is 0 Å². The number of ether oxygens (including phenoxy) is 2. The highest BCUT2D eigenvalue weighted by molar-refractivity contribution is 5.88. The summed E-state index contributed by atoms with van der Waals surface area (Å²) in [6.07, 6.45) is -2.78. The van der Waals surface area contributed by atoms with Gasteiger partial charge in [0.1, 0.15) is 24.6 Å². The Kier molecular flexibility index (Phi) is 6.39. The van der Waals surface area contributed by atoms with E-state index in [1.54, 1.807) is 0 Å². The van der Waals surface area contributed by atoms with Gasteiger partial charge < -0.3 is 36.9 Å². The number of nitrogens with zero attached hydrogens (tertiary/aromatic N) is 3. The van der Waals surface area contributed by atoms with Gasteiger partial charge in [-0.25, -0.2) is 9.67 Å². The monoisotopic (exact) mass is 358 g/mol. The van der Waals surface area contributed by atoms with Gasteiger partial charge in [0.2, 0.25) is 12.1 Å². The minimum atomic E-state index is -1.52. The van der Waals surface area contributed by atoms with Crippen molar-refractivity contribution in [2.45, 2.75) is 50.0 Å². The second-order valence-electron chi connectivity index (χ2n) is 5.62. The van der Waals surface area contributed by atoms with Crippen molar-refractivity contribution < 1.29 is 29.3 Å². The molecule has 12 nitrogen and oxygen atoms in total. The van der Waals surface area contributed by atoms with Crippen LogP contribution >= 0.6 is 0 Å². The van der Waals surface area contributed by atoms with Crippen molar-refractivity contribution in [2.75, 3.05) is 6.54 Å². The van der Waals surface area contributed by atoms with E-state index >= 15 is 0 Å². The Morgan fingerprint density at radius 2 is 2.08 bits per heavy atom. The first-order chi connectivity index (χ1) is 11.8. The quantitative estimate of drug-likeness (QED) is 0.235. The van der Waals surface area contributed by atoms with Gasteiger partial charge in [0, 0.05) is 0 Å². The SMILES string of the molecule is NCCCC[C@H](N)C(=O)O[C@H]1O[C@@H](n2cnc(C(N)=O)n2)[C@H](O)C1O. The molecule has 1 aromatic rings. The average Bonchev–Trinajstić information content (AvgIpc) is 3.16. The number of esters is 1. The first-order valence-electron chi connectivity index (χ1n) is 7.73. The van der Waals surface area contributed by atoms with Gasteiger partial charge in [0.15, 0.2) is 6.23 Å². The van der Waals surface area contributed by atoms with Crippen LogP contribution in [-0.4, -0.2) is 67.9 Å². The standard InChI is InChI=1S/C13H22N6O6/c14-4-2-1-3-6(15)12(23)25-13-8(21)7(20)11(24-13)19-5-17-10(18-19)9(16)22/h5-8,11,13,20-21H,1-4,14-15H2,(H2,16,22)/t6-,7+,8?,11+,13+/m0/s1. The molecule has 140 valence electrons. The number of unbranched alkanes of at least 4 members (excludes halogenated alkanes) is 1. The normalized spacial score (nSPS) is 27.2. The first-order valence-corrected chi connectivity index (χ1v) is 7.73. The number of amides is 1. The van der Waals surface area contributed by atoms with Crippen molar-refractivity contribution in [2.24, 2.45) is 17.2 Å². The van der Waals surface area contributed by atoms with Gasteiger partial charge in [0.05, 0.1) is 0 Å². The Labute approximate surface area is 142 Å². The van der Waals surface area contributed by atoms with Crippen LogP contribution in [0.4, 0.5) is 0 Å². The Morgan fingerprint density at radius 3 is 2.68 bits per heavy atom. The predicted molar refractivity (Wildman–Crippen MR) is 81.4 cm³/mol. The van der Waals surface area contributed by atoms with Crippen molar-refractivity contribution in [1.82, 2.24) is 14.8 Å². The molecule has 1 aromatic heterocycles. The minimum absolute atomic E-state index is 0.285. The van der Waals surface area contributed by atoms with E-state index in [1.807, 2.05) is 0 Å². The topological polar surface area (TPSA) is 202 Å². The highest BCUT2D eigenvalue weighted by Crippen LogP contribution is 2.29. The van der Waals surface area contributed by atoms with Crippen LogP contribution in [0, 0.1) is 0 Å². The molecule has 1 aliphatic rings. The molecule has 2 heterocycles. The average molecular weight is 358 g/mol. The fourth-order valence-corrected chi connectivity index (χ4v) is 2.28. The predicted octanol–water partition coefficient (Wildman–Crippen LogP) is -3.05. The zero-order chi connectivity index (χ0) is 18.6. The molecule has 1 saturated heterocycles. The maximum atomic E-state index is 11.9. The summed E-state index contributed by atoms with van der Waals surface area (Å²) >= 11 is 0. The maximum absolute atomic E-state index is 11.9. The summed E-state index contributed by atoms with van der Waals surface area (Å²) in [5.74, 6) is -1.92. The van der Waals surface area contributed by atoms with Gasteiger partial charge in [-0.1, -0.05) is 6.42 Å². The number of carbonyl (C=O) groups is 2. The van der Waals surface area contributed by atoms with Crippen LogP contribution in [0.5, 0.6) is 0 Å². The third kappa shape index (κ3) is 4.49. The third-order valence-electron chi connectivity index (χ3n) is 3.69. The summed E-state index contributed by atoms with van der Waals surface area (Å²) in [6, 6.07) is -0.897. The largest absolute Gasteiger partial charge is 0.431 e. The highest BCUT2D eigenvalue weighted by atomic mass is 16.7. The van der Waals surface area contributed by atoms with Gasteiger partial charge in [-0.15, -0.1) is 5.10 Å². The minimum Gasteiger partial charge on any atom is -0.431 e. The number of rotatable bonds is 8. The maximum Gasteiger partial charge on any atom is 0.325 e. The third-order valence-corrected chi connectivity index (χ3v) is 3.69. The van der Waals surface area contributed by atoms with Crippen LogP contribution in [0.25, 0.3) is 0 Å². The van der Waals surface area contributed by atoms with E-state index in [-0.39, 0.29) is 5.82 Å². The second kappa shape index (κ2) is 8.31. The van der Waals surface area contributed by atoms with Crippen molar-refractivity contribution in [3.8, 4) is 0 Å². The molecular formula is C13H22N6O6. The second-order valence-corrected chi connectivity index (χ2v) is 5.62. The molecule has 1 unspecified atom stereocenters. The molecule has 12 heteroatoms. The van der Waals surface area contributed by atoms with Gasteiger partial charge >= 0.3 is 5.97 Å². The molecule has 2 rings (SSSR count). The number of primary amides is 1. The van der Waals surface area contributed by atoms with E-state index in [0.29, 0.717) is 19.4 Å². The number of aliphatic hydroxyl groups is 2. The molecular weight excluding hydrogens is 336 g/mol. The Morgan fingerprint density at radius 1 is 1.36 bits per heavy atom. The molecule has 1 fully saturated rings. The van der Waals surface area contributed by atoms with Crippen LogP contribution < -0.4 is 17.2 Å². The first kappa shape index (κ1) is 19.2. The van der Waals surface area contributed by atoms with E-state index in [2.05, 4.69) is 10.1 Å². The van der Waals surface area contributed by atoms with Crippen molar-refractivity contribution in [3.63, 3.8) is 0 Å². The van der Waals surface area contributed by atoms with Crippen molar-refractivity contribution >= 4 is 11.9 Å². The Balaban J connectivity index is 1.96. The number of hydrogen-bond acceptors (Lipinski definition) is 10. The summed E-state index contributed by atoms with van der Waals surface area (Å²) < 4.78 is 11.3. The molecule has 0 bridgehead atoms. The fourth-order valence-electron chi connectivity index (χ4n) is 2.28. The van der Waals surface area contributed by atoms with Crippen LogP contribution in [0.1, 0.15) is 36.1 Å². The number of carbonyl (C=O) groups excluding carboxylic acids is 2. The van der Waals surface area contributed by atoms with Crippen molar-refractivity contribution in [1.29, 1.82) is 0 Å². The summed E-state index contributed by atoms with van der Waals surface area (Å²) in [5.41, 5.74) is 16.1.